The van der Waals surface area contributed by atoms with Crippen LogP contribution in [0.5, 0.6) is 0 Å². The van der Waals surface area contributed by atoms with Crippen LogP contribution in [0.25, 0.3) is 0 Å². The second-order valence-corrected chi connectivity index (χ2v) is 4.38. The molecule has 0 bridgehead atoms. The smallest absolute Gasteiger partial charge is 0.0689 e. The average molecular weight is 183 g/mol. The lowest BCUT2D eigenvalue weighted by Gasteiger charge is -2.16. The molecular formula is C10H17NS. The summed E-state index contributed by atoms with van der Waals surface area (Å²) < 4.78 is 0. The topological polar surface area (TPSA) is 12.0 Å². The van der Waals surface area contributed by atoms with Crippen molar-refractivity contribution >= 4 is 11.8 Å². The van der Waals surface area contributed by atoms with Crippen molar-refractivity contribution in [3.63, 3.8) is 0 Å². The van der Waals surface area contributed by atoms with Gasteiger partial charge in [-0.15, -0.1) is 6.42 Å². The largest absolute Gasteiger partial charge is 0.300 e. The maximum absolute atomic E-state index is 5.42. The minimum Gasteiger partial charge on any atom is -0.300 e. The fourth-order valence-corrected chi connectivity index (χ4v) is 2.62. The molecule has 1 nitrogen and oxygen atoms in total. The van der Waals surface area contributed by atoms with Crippen LogP contribution in [0.3, 0.4) is 0 Å². The van der Waals surface area contributed by atoms with Gasteiger partial charge in [0.25, 0.3) is 0 Å². The van der Waals surface area contributed by atoms with Crippen LogP contribution in [0, 0.1) is 12.3 Å². The summed E-state index contributed by atoms with van der Waals surface area (Å²) in [5.74, 6) is 5.34. The maximum Gasteiger partial charge on any atom is 0.0689 e. The summed E-state index contributed by atoms with van der Waals surface area (Å²) in [5, 5.41) is 3.51. The van der Waals surface area contributed by atoms with Gasteiger partial charge in [-0.05, 0) is 18.6 Å². The third kappa shape index (κ3) is 3.08. The molecule has 0 aromatic heterocycles. The van der Waals surface area contributed by atoms with Crippen LogP contribution in [-0.2, 0) is 0 Å². The average Bonchev–Trinajstić information content (AvgIpc) is 2.56. The fourth-order valence-electron chi connectivity index (χ4n) is 1.45. The van der Waals surface area contributed by atoms with Gasteiger partial charge in [-0.3, -0.25) is 0 Å². The summed E-state index contributed by atoms with van der Waals surface area (Å²) in [6.45, 7) is 2.18. The van der Waals surface area contributed by atoms with Crippen molar-refractivity contribution in [2.45, 2.75) is 38.3 Å². The SMILES string of the molecule is C#CC(CCC)NC1CCSC1. The van der Waals surface area contributed by atoms with Crippen molar-refractivity contribution < 1.29 is 0 Å². The van der Waals surface area contributed by atoms with E-state index in [9.17, 15) is 0 Å². The predicted octanol–water partition coefficient (Wildman–Crippen LogP) is 1.88. The molecule has 0 amide bonds. The van der Waals surface area contributed by atoms with Crippen molar-refractivity contribution in [2.75, 3.05) is 11.5 Å². The van der Waals surface area contributed by atoms with Gasteiger partial charge in [0.05, 0.1) is 6.04 Å². The van der Waals surface area contributed by atoms with Crippen molar-refractivity contribution in [1.29, 1.82) is 0 Å². The summed E-state index contributed by atoms with van der Waals surface area (Å²) in [5.41, 5.74) is 0. The van der Waals surface area contributed by atoms with Crippen LogP contribution in [0.1, 0.15) is 26.2 Å². The number of hydrogen-bond donors (Lipinski definition) is 1. The third-order valence-electron chi connectivity index (χ3n) is 2.15. The summed E-state index contributed by atoms with van der Waals surface area (Å²) in [6, 6.07) is 0.973. The Balaban J connectivity index is 2.22. The summed E-state index contributed by atoms with van der Waals surface area (Å²) in [6.07, 6.45) is 8.98. The first-order valence-electron chi connectivity index (χ1n) is 4.66. The molecule has 1 aliphatic rings. The predicted molar refractivity (Wildman–Crippen MR) is 56.4 cm³/mol. The zero-order chi connectivity index (χ0) is 8.81. The summed E-state index contributed by atoms with van der Waals surface area (Å²) >= 11 is 2.02. The number of terminal acetylenes is 1. The highest BCUT2D eigenvalue weighted by Crippen LogP contribution is 2.17. The molecule has 2 heteroatoms. The van der Waals surface area contributed by atoms with Crippen molar-refractivity contribution in [2.24, 2.45) is 0 Å². The first-order chi connectivity index (χ1) is 5.86. The molecule has 0 aromatic rings. The lowest BCUT2D eigenvalue weighted by molar-refractivity contribution is 0.487. The van der Waals surface area contributed by atoms with Gasteiger partial charge in [-0.2, -0.15) is 11.8 Å². The molecule has 1 saturated heterocycles. The van der Waals surface area contributed by atoms with Crippen LogP contribution in [-0.4, -0.2) is 23.6 Å². The molecule has 1 rings (SSSR count). The zero-order valence-corrected chi connectivity index (χ0v) is 8.49. The van der Waals surface area contributed by atoms with E-state index in [1.807, 2.05) is 11.8 Å². The molecule has 2 atom stereocenters. The number of nitrogens with one attached hydrogen (secondary N) is 1. The monoisotopic (exact) mass is 183 g/mol. The van der Waals surface area contributed by atoms with E-state index in [0.717, 1.165) is 6.42 Å². The van der Waals surface area contributed by atoms with E-state index in [1.165, 1.54) is 24.3 Å². The van der Waals surface area contributed by atoms with E-state index in [1.54, 1.807) is 0 Å². The lowest BCUT2D eigenvalue weighted by Crippen LogP contribution is -2.37. The highest BCUT2D eigenvalue weighted by molar-refractivity contribution is 7.99. The van der Waals surface area contributed by atoms with Gasteiger partial charge in [0, 0.05) is 11.8 Å². The molecule has 12 heavy (non-hydrogen) atoms. The molecular weight excluding hydrogens is 166 g/mol. The second kappa shape index (κ2) is 5.50. The lowest BCUT2D eigenvalue weighted by atomic mass is 10.1. The Labute approximate surface area is 79.7 Å². The van der Waals surface area contributed by atoms with Crippen molar-refractivity contribution in [1.82, 2.24) is 5.32 Å². The van der Waals surface area contributed by atoms with Crippen LogP contribution in [0.4, 0.5) is 0 Å². The summed E-state index contributed by atoms with van der Waals surface area (Å²) in [7, 11) is 0. The first-order valence-corrected chi connectivity index (χ1v) is 5.82. The van der Waals surface area contributed by atoms with E-state index in [0.29, 0.717) is 12.1 Å². The van der Waals surface area contributed by atoms with Crippen LogP contribution in [0.15, 0.2) is 0 Å². The number of thioether (sulfide) groups is 1. The van der Waals surface area contributed by atoms with E-state index in [4.69, 9.17) is 6.42 Å². The quantitative estimate of drug-likeness (QED) is 0.668. The Bertz CT molecular complexity index is 156. The molecule has 0 aliphatic carbocycles. The number of rotatable bonds is 4. The van der Waals surface area contributed by atoms with E-state index in [2.05, 4.69) is 18.2 Å². The molecule has 0 saturated carbocycles. The van der Waals surface area contributed by atoms with E-state index >= 15 is 0 Å². The Morgan fingerprint density at radius 2 is 2.58 bits per heavy atom. The van der Waals surface area contributed by atoms with Crippen LogP contribution >= 0.6 is 11.8 Å². The fraction of sp³-hybridized carbons (Fsp3) is 0.800. The summed E-state index contributed by atoms with van der Waals surface area (Å²) in [4.78, 5) is 0. The van der Waals surface area contributed by atoms with Crippen molar-refractivity contribution in [3.8, 4) is 12.3 Å². The number of hydrogen-bond acceptors (Lipinski definition) is 2. The zero-order valence-electron chi connectivity index (χ0n) is 7.68. The molecule has 1 N–H and O–H groups in total. The van der Waals surface area contributed by atoms with Gasteiger partial charge in [0.1, 0.15) is 0 Å². The Morgan fingerprint density at radius 3 is 3.08 bits per heavy atom. The Kier molecular flexibility index (Phi) is 4.57. The van der Waals surface area contributed by atoms with Gasteiger partial charge in [-0.1, -0.05) is 19.3 Å². The third-order valence-corrected chi connectivity index (χ3v) is 3.31. The van der Waals surface area contributed by atoms with Crippen LogP contribution < -0.4 is 5.32 Å². The Morgan fingerprint density at radius 1 is 1.75 bits per heavy atom. The van der Waals surface area contributed by atoms with Gasteiger partial charge in [-0.25, -0.2) is 0 Å². The van der Waals surface area contributed by atoms with Gasteiger partial charge in [0.15, 0.2) is 0 Å². The Hall–Kier alpha value is -0.130. The molecule has 2 unspecified atom stereocenters. The molecule has 0 aromatic carbocycles. The van der Waals surface area contributed by atoms with Gasteiger partial charge < -0.3 is 5.32 Å². The molecule has 68 valence electrons. The van der Waals surface area contributed by atoms with Gasteiger partial charge in [0.2, 0.25) is 0 Å². The van der Waals surface area contributed by atoms with Crippen molar-refractivity contribution in [3.05, 3.63) is 0 Å². The van der Waals surface area contributed by atoms with Crippen LogP contribution in [0.2, 0.25) is 0 Å². The normalized spacial score (nSPS) is 25.2. The molecule has 0 radical (unpaired) electrons. The maximum atomic E-state index is 5.42. The van der Waals surface area contributed by atoms with E-state index in [-0.39, 0.29) is 0 Å². The first kappa shape index (κ1) is 9.95. The van der Waals surface area contributed by atoms with E-state index < -0.39 is 0 Å². The minimum absolute atomic E-state index is 0.304. The molecule has 1 fully saturated rings. The highest BCUT2D eigenvalue weighted by atomic mass is 32.2. The standard InChI is InChI=1S/C10H17NS/c1-3-5-9(4-2)11-10-6-7-12-8-10/h2,9-11H,3,5-8H2,1H3. The molecule has 0 spiro atoms. The molecule has 1 aliphatic heterocycles. The second-order valence-electron chi connectivity index (χ2n) is 3.24. The van der Waals surface area contributed by atoms with Gasteiger partial charge >= 0.3 is 0 Å². The minimum atomic E-state index is 0.304. The highest BCUT2D eigenvalue weighted by Gasteiger charge is 2.17. The molecule has 1 heterocycles.